The van der Waals surface area contributed by atoms with Gasteiger partial charge in [0.15, 0.2) is 0 Å². The molecular weight excluding hydrogens is 332 g/mol. The van der Waals surface area contributed by atoms with E-state index in [1.165, 1.54) is 0 Å². The Morgan fingerprint density at radius 2 is 1.11 bits per heavy atom. The Labute approximate surface area is 128 Å². The van der Waals surface area contributed by atoms with E-state index in [4.69, 9.17) is 7.73 Å². The molecule has 2 nitrogen and oxygen atoms in total. The van der Waals surface area contributed by atoms with Gasteiger partial charge in [-0.3, -0.25) is 0 Å². The molecule has 9 heteroatoms. The van der Waals surface area contributed by atoms with Crippen molar-refractivity contribution in [3.05, 3.63) is 0 Å². The van der Waals surface area contributed by atoms with E-state index in [-0.39, 0.29) is 90.9 Å². The van der Waals surface area contributed by atoms with Crippen LogP contribution in [0.1, 0.15) is 2.85 Å². The van der Waals surface area contributed by atoms with E-state index in [0.29, 0.717) is 0 Å². The first-order valence-corrected chi connectivity index (χ1v) is 1.17. The van der Waals surface area contributed by atoms with E-state index in [1.807, 2.05) is 0 Å². The second-order valence-corrected chi connectivity index (χ2v) is 0. The van der Waals surface area contributed by atoms with E-state index in [1.54, 1.807) is 15.9 Å². The summed E-state index contributed by atoms with van der Waals surface area (Å²) < 4.78 is 15.9. The standard InChI is InChI=1S/Co.2Li.2Mn.2Ni.2O.2H/q;2*+1;;;;;;;2*-1. The molecule has 0 spiro atoms. The molecule has 0 unspecified atom stereocenters. The molecule has 0 fully saturated rings. The summed E-state index contributed by atoms with van der Waals surface area (Å²) >= 11 is 4.31. The van der Waals surface area contributed by atoms with Gasteiger partial charge in [-0.15, -0.1) is 0 Å². The molecule has 0 aromatic heterocycles. The van der Waals surface area contributed by atoms with Crippen molar-refractivity contribution in [2.45, 2.75) is 0 Å². The normalized spacial score (nSPS) is 1.11. The monoisotopic (exact) mass is 333 g/mol. The minimum absolute atomic E-state index is 0. The van der Waals surface area contributed by atoms with Crippen LogP contribution in [-0.2, 0) is 89.4 Å². The van der Waals surface area contributed by atoms with Crippen molar-refractivity contribution in [2.75, 3.05) is 0 Å². The van der Waals surface area contributed by atoms with Gasteiger partial charge in [-0.05, 0) is 0 Å². The van der Waals surface area contributed by atoms with Gasteiger partial charge in [0.1, 0.15) is 0 Å². The van der Waals surface area contributed by atoms with Crippen LogP contribution in [0.2, 0.25) is 0 Å². The molecule has 0 aromatic rings. The Morgan fingerprint density at radius 3 is 1.11 bits per heavy atom. The van der Waals surface area contributed by atoms with Gasteiger partial charge in [0.05, 0.1) is 0 Å². The maximum atomic E-state index is 8.06. The quantitative estimate of drug-likeness (QED) is 0.414. The van der Waals surface area contributed by atoms with Crippen LogP contribution in [0.4, 0.5) is 0 Å². The summed E-state index contributed by atoms with van der Waals surface area (Å²) in [4.78, 5) is 0. The molecule has 0 aliphatic heterocycles. The van der Waals surface area contributed by atoms with Crippen LogP contribution >= 0.6 is 0 Å². The first kappa shape index (κ1) is 55.7. The molecule has 0 saturated heterocycles. The van der Waals surface area contributed by atoms with Crippen molar-refractivity contribution in [1.82, 2.24) is 0 Å². The molecular formula is H2CoLi2Mn2Ni2O2. The van der Waals surface area contributed by atoms with Crippen LogP contribution in [-0.4, -0.2) is 0 Å². The Morgan fingerprint density at radius 1 is 1.11 bits per heavy atom. The Bertz CT molecular complexity index is 30.1. The average molecular weight is 334 g/mol. The summed E-state index contributed by atoms with van der Waals surface area (Å²) in [5.74, 6) is 0. The molecule has 0 aliphatic rings. The van der Waals surface area contributed by atoms with Crippen LogP contribution < -0.4 is 37.7 Å². The summed E-state index contributed by atoms with van der Waals surface area (Å²) in [5, 5.41) is 0. The minimum atomic E-state index is 0. The van der Waals surface area contributed by atoms with Gasteiger partial charge in [-0.2, -0.15) is 0 Å². The van der Waals surface area contributed by atoms with Crippen molar-refractivity contribution < 1.29 is 130 Å². The summed E-state index contributed by atoms with van der Waals surface area (Å²) in [6.45, 7) is 0. The number of hydrogen-bond donors (Lipinski definition) is 0. The van der Waals surface area contributed by atoms with Gasteiger partial charge in [-0.25, -0.2) is 0 Å². The zero-order valence-electron chi connectivity index (χ0n) is 6.54. The molecule has 0 heterocycles. The molecule has 0 N–H and O–H groups in total. The van der Waals surface area contributed by atoms with Gasteiger partial charge in [0.25, 0.3) is 0 Å². The summed E-state index contributed by atoms with van der Waals surface area (Å²) in [7, 11) is 0. The van der Waals surface area contributed by atoms with Crippen LogP contribution in [0, 0.1) is 0 Å². The summed E-state index contributed by atoms with van der Waals surface area (Å²) in [6.07, 6.45) is 0. The zero-order chi connectivity index (χ0) is 4.00. The third kappa shape index (κ3) is 89.0. The molecule has 0 saturated carbocycles. The molecule has 0 aromatic carbocycles. The van der Waals surface area contributed by atoms with Crippen molar-refractivity contribution >= 4 is 0 Å². The Balaban J connectivity index is -0.000000000635. The SMILES string of the molecule is [Co].[H-].[H-].[Li+].[Li+].[Mn].[Ni].[O]=[Mn].[O]=[Ni]. The molecule has 0 bridgehead atoms. The molecule has 2 radical (unpaired) electrons. The fourth-order valence-electron chi connectivity index (χ4n) is 0. The summed E-state index contributed by atoms with van der Waals surface area (Å²) in [6, 6.07) is 0. The molecule has 0 amide bonds. The Kier molecular flexibility index (Phi) is 676. The zero-order valence-corrected chi connectivity index (χ0v) is 9.92. The number of hydrogen-bond acceptors (Lipinski definition) is 2. The van der Waals surface area contributed by atoms with E-state index in [9.17, 15) is 0 Å². The van der Waals surface area contributed by atoms with Crippen LogP contribution in [0.3, 0.4) is 0 Å². The van der Waals surface area contributed by atoms with Crippen molar-refractivity contribution in [1.29, 1.82) is 0 Å². The fourth-order valence-corrected chi connectivity index (χ4v) is 0. The predicted molar refractivity (Wildman–Crippen MR) is 3.60 cm³/mol. The predicted octanol–water partition coefficient (Wildman–Crippen LogP) is -6.02. The van der Waals surface area contributed by atoms with Gasteiger partial charge >= 0.3 is 76.8 Å². The number of rotatable bonds is 0. The van der Waals surface area contributed by atoms with E-state index in [0.717, 1.165) is 0 Å². The van der Waals surface area contributed by atoms with Gasteiger partial charge in [-0.1, -0.05) is 0 Å². The average Bonchev–Trinajstić information content (AvgIpc) is 1.50. The fraction of sp³-hybridized carbons (Fsp3) is 0. The van der Waals surface area contributed by atoms with E-state index < -0.39 is 0 Å². The second kappa shape index (κ2) is 109. The first-order valence-electron chi connectivity index (χ1n) is 0.283. The molecule has 0 aliphatic carbocycles. The van der Waals surface area contributed by atoms with Crippen LogP contribution in [0.5, 0.6) is 0 Å². The third-order valence-corrected chi connectivity index (χ3v) is 0. The maximum absolute atomic E-state index is 8.06. The van der Waals surface area contributed by atoms with E-state index >= 15 is 0 Å². The second-order valence-electron chi connectivity index (χ2n) is 0. The molecule has 0 atom stereocenters. The van der Waals surface area contributed by atoms with Gasteiger partial charge < -0.3 is 2.85 Å². The van der Waals surface area contributed by atoms with Crippen molar-refractivity contribution in [3.8, 4) is 0 Å². The first-order chi connectivity index (χ1) is 2.00. The summed E-state index contributed by atoms with van der Waals surface area (Å²) in [5.41, 5.74) is 0. The van der Waals surface area contributed by atoms with Gasteiger partial charge in [0.2, 0.25) is 0 Å². The van der Waals surface area contributed by atoms with Crippen LogP contribution in [0.15, 0.2) is 0 Å². The van der Waals surface area contributed by atoms with Gasteiger partial charge in [0, 0.05) is 50.3 Å². The van der Waals surface area contributed by atoms with Crippen molar-refractivity contribution in [3.63, 3.8) is 0 Å². The van der Waals surface area contributed by atoms with E-state index in [2.05, 4.69) is 15.4 Å². The van der Waals surface area contributed by atoms with Crippen LogP contribution in [0.25, 0.3) is 0 Å². The molecule has 59 valence electrons. The molecule has 0 rings (SSSR count). The topological polar surface area (TPSA) is 34.1 Å². The molecule has 9 heavy (non-hydrogen) atoms. The van der Waals surface area contributed by atoms with Crippen molar-refractivity contribution in [2.24, 2.45) is 0 Å². The Hall–Kier alpha value is 3.33. The third-order valence-electron chi connectivity index (χ3n) is 0.